The number of rotatable bonds is 5. The predicted molar refractivity (Wildman–Crippen MR) is 64.1 cm³/mol. The van der Waals surface area contributed by atoms with Crippen LogP contribution in [0.25, 0.3) is 0 Å². The van der Waals surface area contributed by atoms with Gasteiger partial charge in [0.25, 0.3) is 0 Å². The quantitative estimate of drug-likeness (QED) is 0.695. The molecule has 0 saturated heterocycles. The van der Waals surface area contributed by atoms with Gasteiger partial charge >= 0.3 is 0 Å². The van der Waals surface area contributed by atoms with Gasteiger partial charge in [0, 0.05) is 13.1 Å². The molecule has 1 amide bonds. The Bertz CT molecular complexity index is 201. The molecule has 1 aliphatic carbocycles. The molecule has 3 N–H and O–H groups in total. The lowest BCUT2D eigenvalue weighted by Gasteiger charge is -2.20. The highest BCUT2D eigenvalue weighted by molar-refractivity contribution is 5.80. The van der Waals surface area contributed by atoms with Crippen LogP contribution in [0.4, 0.5) is 0 Å². The van der Waals surface area contributed by atoms with Crippen LogP contribution >= 0.6 is 0 Å². The van der Waals surface area contributed by atoms with Crippen LogP contribution in [-0.4, -0.2) is 31.2 Å². The average Bonchev–Trinajstić information content (AvgIpc) is 2.54. The maximum absolute atomic E-state index is 11.6. The van der Waals surface area contributed by atoms with Crippen LogP contribution in [0.2, 0.25) is 0 Å². The Morgan fingerprint density at radius 3 is 2.56 bits per heavy atom. The molecule has 0 aliphatic heterocycles. The monoisotopic (exact) mass is 228 g/mol. The fourth-order valence-corrected chi connectivity index (χ4v) is 2.07. The van der Waals surface area contributed by atoms with E-state index in [1.165, 1.54) is 25.7 Å². The number of hydrogen-bond acceptors (Lipinski definition) is 3. The lowest BCUT2D eigenvalue weighted by Crippen LogP contribution is -2.39. The van der Waals surface area contributed by atoms with E-state index < -0.39 is 0 Å². The van der Waals surface area contributed by atoms with Crippen molar-refractivity contribution in [1.82, 2.24) is 5.32 Å². The zero-order valence-electron chi connectivity index (χ0n) is 10.2. The van der Waals surface area contributed by atoms with E-state index in [1.54, 1.807) is 0 Å². The first-order valence-corrected chi connectivity index (χ1v) is 6.37. The fourth-order valence-electron chi connectivity index (χ4n) is 2.07. The van der Waals surface area contributed by atoms with Crippen LogP contribution in [-0.2, 0) is 9.53 Å². The van der Waals surface area contributed by atoms with Crippen molar-refractivity contribution in [2.45, 2.75) is 57.7 Å². The van der Waals surface area contributed by atoms with Crippen LogP contribution in [0.1, 0.15) is 45.4 Å². The van der Waals surface area contributed by atoms with E-state index in [1.807, 2.05) is 6.92 Å². The van der Waals surface area contributed by atoms with Gasteiger partial charge in [-0.3, -0.25) is 4.79 Å². The largest absolute Gasteiger partial charge is 0.365 e. The molecule has 16 heavy (non-hydrogen) atoms. The fraction of sp³-hybridized carbons (Fsp3) is 0.917. The Morgan fingerprint density at radius 2 is 2.00 bits per heavy atom. The summed E-state index contributed by atoms with van der Waals surface area (Å²) in [6.07, 6.45) is 7.14. The third-order valence-electron chi connectivity index (χ3n) is 3.01. The molecule has 0 aromatic carbocycles. The number of nitrogens with two attached hydrogens (primary N) is 1. The second-order valence-corrected chi connectivity index (χ2v) is 4.47. The second kappa shape index (κ2) is 7.63. The minimum absolute atomic E-state index is 0.0466. The highest BCUT2D eigenvalue weighted by Crippen LogP contribution is 2.20. The van der Waals surface area contributed by atoms with E-state index in [4.69, 9.17) is 10.5 Å². The van der Waals surface area contributed by atoms with Crippen molar-refractivity contribution >= 4 is 5.91 Å². The van der Waals surface area contributed by atoms with Gasteiger partial charge in [-0.25, -0.2) is 0 Å². The first-order valence-electron chi connectivity index (χ1n) is 6.37. The molecule has 4 nitrogen and oxygen atoms in total. The molecule has 0 heterocycles. The van der Waals surface area contributed by atoms with Gasteiger partial charge in [0.05, 0.1) is 6.10 Å². The van der Waals surface area contributed by atoms with Crippen LogP contribution in [0.15, 0.2) is 0 Å². The van der Waals surface area contributed by atoms with E-state index in [-0.39, 0.29) is 18.1 Å². The van der Waals surface area contributed by atoms with Crippen LogP contribution in [0.5, 0.6) is 0 Å². The summed E-state index contributed by atoms with van der Waals surface area (Å²) in [4.78, 5) is 11.6. The summed E-state index contributed by atoms with van der Waals surface area (Å²) in [6, 6.07) is 0. The molecule has 1 unspecified atom stereocenters. The summed E-state index contributed by atoms with van der Waals surface area (Å²) < 4.78 is 5.78. The van der Waals surface area contributed by atoms with Crippen molar-refractivity contribution in [2.75, 3.05) is 13.1 Å². The third kappa shape index (κ3) is 4.94. The van der Waals surface area contributed by atoms with E-state index >= 15 is 0 Å². The standard InChI is InChI=1S/C12H24N2O2/c1-10(12(15)14-9-8-13)16-11-6-4-2-3-5-7-11/h10-11H,2-9,13H2,1H3,(H,14,15). The molecule has 0 spiro atoms. The molecule has 0 aromatic heterocycles. The lowest BCUT2D eigenvalue weighted by molar-refractivity contribution is -0.135. The highest BCUT2D eigenvalue weighted by Gasteiger charge is 2.19. The van der Waals surface area contributed by atoms with Crippen LogP contribution in [0, 0.1) is 0 Å². The molecule has 1 aliphatic rings. The molecule has 1 atom stereocenters. The molecule has 0 aromatic rings. The van der Waals surface area contributed by atoms with Gasteiger partial charge < -0.3 is 15.8 Å². The number of carbonyl (C=O) groups excluding carboxylic acids is 1. The normalized spacial score (nSPS) is 20.1. The molecule has 0 bridgehead atoms. The first-order chi connectivity index (χ1) is 7.74. The maximum Gasteiger partial charge on any atom is 0.248 e. The van der Waals surface area contributed by atoms with Crippen molar-refractivity contribution < 1.29 is 9.53 Å². The summed E-state index contributed by atoms with van der Waals surface area (Å²) >= 11 is 0. The summed E-state index contributed by atoms with van der Waals surface area (Å²) in [5.74, 6) is -0.0466. The zero-order chi connectivity index (χ0) is 11.8. The Labute approximate surface area is 97.9 Å². The van der Waals surface area contributed by atoms with E-state index in [9.17, 15) is 4.79 Å². The Balaban J connectivity index is 2.25. The van der Waals surface area contributed by atoms with Crippen LogP contribution < -0.4 is 11.1 Å². The van der Waals surface area contributed by atoms with Crippen LogP contribution in [0.3, 0.4) is 0 Å². The summed E-state index contributed by atoms with van der Waals surface area (Å²) in [6.45, 7) is 2.82. The molecular formula is C12H24N2O2. The average molecular weight is 228 g/mol. The topological polar surface area (TPSA) is 64.3 Å². The number of ether oxygens (including phenoxy) is 1. The molecule has 1 rings (SSSR count). The van der Waals surface area contributed by atoms with Crippen molar-refractivity contribution in [3.8, 4) is 0 Å². The van der Waals surface area contributed by atoms with Gasteiger partial charge in [-0.2, -0.15) is 0 Å². The summed E-state index contributed by atoms with van der Waals surface area (Å²) in [5.41, 5.74) is 5.33. The number of hydrogen-bond donors (Lipinski definition) is 2. The highest BCUT2D eigenvalue weighted by atomic mass is 16.5. The van der Waals surface area contributed by atoms with Gasteiger partial charge in [0.2, 0.25) is 5.91 Å². The Hall–Kier alpha value is -0.610. The lowest BCUT2D eigenvalue weighted by atomic mass is 10.1. The smallest absolute Gasteiger partial charge is 0.248 e. The molecule has 1 saturated carbocycles. The maximum atomic E-state index is 11.6. The van der Waals surface area contributed by atoms with Gasteiger partial charge in [-0.05, 0) is 19.8 Å². The van der Waals surface area contributed by atoms with E-state index in [0.29, 0.717) is 13.1 Å². The first kappa shape index (κ1) is 13.5. The Kier molecular flexibility index (Phi) is 6.42. The van der Waals surface area contributed by atoms with E-state index in [0.717, 1.165) is 12.8 Å². The summed E-state index contributed by atoms with van der Waals surface area (Å²) in [5, 5.41) is 2.75. The van der Waals surface area contributed by atoms with Gasteiger partial charge in [-0.1, -0.05) is 25.7 Å². The Morgan fingerprint density at radius 1 is 1.38 bits per heavy atom. The van der Waals surface area contributed by atoms with Gasteiger partial charge in [0.1, 0.15) is 6.10 Å². The zero-order valence-corrected chi connectivity index (χ0v) is 10.2. The number of nitrogens with one attached hydrogen (secondary N) is 1. The van der Waals surface area contributed by atoms with E-state index in [2.05, 4.69) is 5.32 Å². The van der Waals surface area contributed by atoms with Gasteiger partial charge in [-0.15, -0.1) is 0 Å². The molecule has 0 radical (unpaired) electrons. The third-order valence-corrected chi connectivity index (χ3v) is 3.01. The second-order valence-electron chi connectivity index (χ2n) is 4.47. The predicted octanol–water partition coefficient (Wildman–Crippen LogP) is 1.19. The van der Waals surface area contributed by atoms with Crippen molar-refractivity contribution in [3.05, 3.63) is 0 Å². The van der Waals surface area contributed by atoms with Gasteiger partial charge in [0.15, 0.2) is 0 Å². The molecule has 1 fully saturated rings. The molecule has 94 valence electrons. The molecular weight excluding hydrogens is 204 g/mol. The van der Waals surface area contributed by atoms with Crippen molar-refractivity contribution in [3.63, 3.8) is 0 Å². The number of amides is 1. The SMILES string of the molecule is CC(OC1CCCCCC1)C(=O)NCCN. The minimum Gasteiger partial charge on any atom is -0.365 e. The summed E-state index contributed by atoms with van der Waals surface area (Å²) in [7, 11) is 0. The van der Waals surface area contributed by atoms with Crippen molar-refractivity contribution in [1.29, 1.82) is 0 Å². The minimum atomic E-state index is -0.352. The van der Waals surface area contributed by atoms with Crippen molar-refractivity contribution in [2.24, 2.45) is 5.73 Å². The number of carbonyl (C=O) groups is 1. The molecule has 4 heteroatoms.